The lowest BCUT2D eigenvalue weighted by Gasteiger charge is -1.89. The molecule has 1 aromatic rings. The van der Waals surface area contributed by atoms with E-state index in [1.807, 2.05) is 35.6 Å². The molecule has 22 heavy (non-hydrogen) atoms. The van der Waals surface area contributed by atoms with E-state index in [9.17, 15) is 19.2 Å². The number of carbonyl (C=O) groups is 4. The Balaban J connectivity index is 0.000000166. The third kappa shape index (κ3) is 7.11. The molecule has 0 radical (unpaired) electrons. The fourth-order valence-corrected chi connectivity index (χ4v) is 1.45. The van der Waals surface area contributed by atoms with E-state index in [1.54, 1.807) is 0 Å². The van der Waals surface area contributed by atoms with E-state index in [0.717, 1.165) is 5.56 Å². The number of aliphatic hydroxyl groups is 1. The summed E-state index contributed by atoms with van der Waals surface area (Å²) < 4.78 is 0. The number of hydrogen-bond acceptors (Lipinski definition) is 5. The lowest BCUT2D eigenvalue weighted by atomic mass is 10.2. The summed E-state index contributed by atoms with van der Waals surface area (Å²) in [4.78, 5) is 40.3. The minimum Gasteiger partial charge on any atom is -0.392 e. The fraction of sp³-hybridized carbons (Fsp3) is 0.200. The highest BCUT2D eigenvalue weighted by Crippen LogP contribution is 1.96. The first-order valence-electron chi connectivity index (χ1n) is 6.51. The molecule has 2 aliphatic heterocycles. The van der Waals surface area contributed by atoms with Gasteiger partial charge in [-0.25, -0.2) is 0 Å². The van der Waals surface area contributed by atoms with Crippen LogP contribution in [0.25, 0.3) is 0 Å². The summed E-state index contributed by atoms with van der Waals surface area (Å²) in [5, 5.41) is 12.7. The number of imide groups is 2. The van der Waals surface area contributed by atoms with Gasteiger partial charge in [-0.1, -0.05) is 30.3 Å². The van der Waals surface area contributed by atoms with E-state index in [-0.39, 0.29) is 30.2 Å². The SMILES string of the molecule is O=C1C=CC(=O)N1.O=C1CCC(=O)N1.OCc1ccccc1. The third-order valence-corrected chi connectivity index (χ3v) is 2.52. The second kappa shape index (κ2) is 9.19. The van der Waals surface area contributed by atoms with E-state index in [4.69, 9.17) is 5.11 Å². The summed E-state index contributed by atoms with van der Waals surface area (Å²) in [6.07, 6.45) is 3.14. The van der Waals surface area contributed by atoms with Crippen molar-refractivity contribution in [1.82, 2.24) is 10.6 Å². The zero-order chi connectivity index (χ0) is 16.4. The summed E-state index contributed by atoms with van der Waals surface area (Å²) in [6.45, 7) is 0.140. The van der Waals surface area contributed by atoms with Gasteiger partial charge < -0.3 is 5.11 Å². The van der Waals surface area contributed by atoms with Gasteiger partial charge in [0.15, 0.2) is 0 Å². The number of benzene rings is 1. The first kappa shape index (κ1) is 17.3. The van der Waals surface area contributed by atoms with Crippen molar-refractivity contribution in [3.05, 3.63) is 48.0 Å². The van der Waals surface area contributed by atoms with Crippen molar-refractivity contribution in [3.63, 3.8) is 0 Å². The number of aliphatic hydroxyl groups excluding tert-OH is 1. The Labute approximate surface area is 127 Å². The normalized spacial score (nSPS) is 15.3. The maximum Gasteiger partial charge on any atom is 0.250 e. The molecule has 1 fully saturated rings. The lowest BCUT2D eigenvalue weighted by molar-refractivity contribution is -0.125. The fourth-order valence-electron chi connectivity index (χ4n) is 1.45. The van der Waals surface area contributed by atoms with Crippen molar-refractivity contribution in [2.45, 2.75) is 19.4 Å². The molecule has 3 rings (SSSR count). The van der Waals surface area contributed by atoms with Crippen LogP contribution in [0.4, 0.5) is 0 Å². The Bertz CT molecular complexity index is 551. The molecule has 2 aliphatic rings. The number of amides is 4. The van der Waals surface area contributed by atoms with Crippen LogP contribution in [-0.4, -0.2) is 28.7 Å². The Morgan fingerprint density at radius 2 is 1.32 bits per heavy atom. The van der Waals surface area contributed by atoms with Crippen molar-refractivity contribution in [2.75, 3.05) is 0 Å². The van der Waals surface area contributed by atoms with Gasteiger partial charge in [0.25, 0.3) is 11.8 Å². The van der Waals surface area contributed by atoms with Crippen molar-refractivity contribution < 1.29 is 24.3 Å². The first-order chi connectivity index (χ1) is 10.5. The smallest absolute Gasteiger partial charge is 0.250 e. The molecule has 116 valence electrons. The Morgan fingerprint density at radius 3 is 1.55 bits per heavy atom. The van der Waals surface area contributed by atoms with Gasteiger partial charge in [-0.05, 0) is 5.56 Å². The molecule has 1 aromatic carbocycles. The number of hydrogen-bond donors (Lipinski definition) is 3. The number of carbonyl (C=O) groups excluding carboxylic acids is 4. The highest BCUT2D eigenvalue weighted by Gasteiger charge is 2.15. The monoisotopic (exact) mass is 304 g/mol. The van der Waals surface area contributed by atoms with Gasteiger partial charge in [-0.2, -0.15) is 0 Å². The van der Waals surface area contributed by atoms with Crippen LogP contribution in [0.3, 0.4) is 0 Å². The van der Waals surface area contributed by atoms with Gasteiger partial charge in [-0.3, -0.25) is 29.8 Å². The molecule has 0 unspecified atom stereocenters. The second-order valence-electron chi connectivity index (χ2n) is 4.30. The molecular formula is C15H16N2O5. The van der Waals surface area contributed by atoms with Gasteiger partial charge in [0, 0.05) is 25.0 Å². The third-order valence-electron chi connectivity index (χ3n) is 2.52. The molecule has 2 heterocycles. The predicted octanol–water partition coefficient (Wildman–Crippen LogP) is -0.199. The number of nitrogens with one attached hydrogen (secondary N) is 2. The summed E-state index contributed by atoms with van der Waals surface area (Å²) in [5.74, 6) is -0.954. The molecule has 3 N–H and O–H groups in total. The molecule has 0 atom stereocenters. The van der Waals surface area contributed by atoms with Gasteiger partial charge in [0.1, 0.15) is 0 Å². The average Bonchev–Trinajstić information content (AvgIpc) is 3.08. The largest absolute Gasteiger partial charge is 0.392 e. The van der Waals surface area contributed by atoms with E-state index < -0.39 is 0 Å². The molecular weight excluding hydrogens is 288 g/mol. The van der Waals surface area contributed by atoms with Crippen LogP contribution in [0, 0.1) is 0 Å². The van der Waals surface area contributed by atoms with Crippen LogP contribution < -0.4 is 10.6 Å². The molecule has 7 nitrogen and oxygen atoms in total. The summed E-state index contributed by atoms with van der Waals surface area (Å²) >= 11 is 0. The van der Waals surface area contributed by atoms with Gasteiger partial charge in [0.2, 0.25) is 11.8 Å². The molecule has 0 aliphatic carbocycles. The quantitative estimate of drug-likeness (QED) is 0.622. The second-order valence-corrected chi connectivity index (χ2v) is 4.30. The topological polar surface area (TPSA) is 113 Å². The molecule has 0 saturated carbocycles. The molecule has 4 amide bonds. The van der Waals surface area contributed by atoms with Crippen molar-refractivity contribution >= 4 is 23.6 Å². The Kier molecular flexibility index (Phi) is 7.21. The van der Waals surface area contributed by atoms with E-state index >= 15 is 0 Å². The Hall–Kier alpha value is -2.80. The summed E-state index contributed by atoms with van der Waals surface area (Å²) in [6, 6.07) is 9.52. The minimum atomic E-state index is -0.329. The predicted molar refractivity (Wildman–Crippen MR) is 77.0 cm³/mol. The van der Waals surface area contributed by atoms with E-state index in [2.05, 4.69) is 5.32 Å². The van der Waals surface area contributed by atoms with Crippen LogP contribution in [0.1, 0.15) is 18.4 Å². The molecule has 0 spiro atoms. The van der Waals surface area contributed by atoms with Crippen LogP contribution in [0.15, 0.2) is 42.5 Å². The van der Waals surface area contributed by atoms with Crippen LogP contribution in [0.5, 0.6) is 0 Å². The van der Waals surface area contributed by atoms with Gasteiger partial charge in [0.05, 0.1) is 6.61 Å². The zero-order valence-corrected chi connectivity index (χ0v) is 11.7. The van der Waals surface area contributed by atoms with Crippen LogP contribution in [-0.2, 0) is 25.8 Å². The Morgan fingerprint density at radius 1 is 0.818 bits per heavy atom. The van der Waals surface area contributed by atoms with Crippen molar-refractivity contribution in [2.24, 2.45) is 0 Å². The van der Waals surface area contributed by atoms with Gasteiger partial charge >= 0.3 is 0 Å². The van der Waals surface area contributed by atoms with Crippen molar-refractivity contribution in [1.29, 1.82) is 0 Å². The van der Waals surface area contributed by atoms with E-state index in [0.29, 0.717) is 12.8 Å². The van der Waals surface area contributed by atoms with Gasteiger partial charge in [-0.15, -0.1) is 0 Å². The molecule has 0 bridgehead atoms. The summed E-state index contributed by atoms with van der Waals surface area (Å²) in [5.41, 5.74) is 0.965. The maximum atomic E-state index is 10.1. The standard InChI is InChI=1S/C7H8O.C4H5NO2.C4H3NO2/c8-6-7-4-2-1-3-5-7;2*6-3-1-2-4(7)5-3/h1-5,8H,6H2;1-2H2,(H,5,6,7);1-2H,(H,5,6,7). The van der Waals surface area contributed by atoms with Crippen molar-refractivity contribution in [3.8, 4) is 0 Å². The van der Waals surface area contributed by atoms with Crippen LogP contribution >= 0.6 is 0 Å². The minimum absolute atomic E-state index is 0.140. The van der Waals surface area contributed by atoms with Crippen LogP contribution in [0.2, 0.25) is 0 Å². The zero-order valence-electron chi connectivity index (χ0n) is 11.7. The first-order valence-corrected chi connectivity index (χ1v) is 6.51. The average molecular weight is 304 g/mol. The summed E-state index contributed by atoms with van der Waals surface area (Å²) in [7, 11) is 0. The molecule has 7 heteroatoms. The number of rotatable bonds is 1. The molecule has 0 aromatic heterocycles. The highest BCUT2D eigenvalue weighted by atomic mass is 16.3. The molecule has 1 saturated heterocycles. The maximum absolute atomic E-state index is 10.1. The highest BCUT2D eigenvalue weighted by molar-refractivity contribution is 6.12. The van der Waals surface area contributed by atoms with E-state index in [1.165, 1.54) is 12.2 Å². The lowest BCUT2D eigenvalue weighted by Crippen LogP contribution is -2.19.